The zero-order chi connectivity index (χ0) is 30.7. The molecule has 0 saturated carbocycles. The van der Waals surface area contributed by atoms with Gasteiger partial charge in [0, 0.05) is 23.9 Å². The van der Waals surface area contributed by atoms with Crippen molar-refractivity contribution in [3.8, 4) is 17.2 Å². The number of nitrogens with zero attached hydrogens (tertiary/aromatic N) is 2. The summed E-state index contributed by atoms with van der Waals surface area (Å²) in [7, 11) is -0.0784. The lowest BCUT2D eigenvalue weighted by Crippen LogP contribution is -2.36. The van der Waals surface area contributed by atoms with Gasteiger partial charge in [-0.15, -0.1) is 0 Å². The summed E-state index contributed by atoms with van der Waals surface area (Å²) in [6, 6.07) is 12.1. The predicted octanol–water partition coefficient (Wildman–Crippen LogP) is 5.96. The number of carbonyl (C=O) groups is 1. The number of anilines is 3. The van der Waals surface area contributed by atoms with Gasteiger partial charge in [0.1, 0.15) is 17.3 Å². The number of nitrogens with one attached hydrogen (secondary N) is 3. The van der Waals surface area contributed by atoms with Crippen molar-refractivity contribution >= 4 is 44.7 Å². The number of amides is 1. The third kappa shape index (κ3) is 8.27. The first-order valence-corrected chi connectivity index (χ1v) is 15.9. The van der Waals surface area contributed by atoms with Crippen molar-refractivity contribution < 1.29 is 22.7 Å². The molecule has 2 heterocycles. The molecule has 3 aromatic rings. The fourth-order valence-electron chi connectivity index (χ4n) is 4.61. The van der Waals surface area contributed by atoms with E-state index in [2.05, 4.69) is 32.3 Å². The standard InChI is InChI=1S/C30H38ClN5O5S/c1-30(2,3)20-16-24(28(40-5)25(17-20)35-42(6,38)39)34-29(37)19-7-8-23(31)26(15-19)41-22-9-12-32-27(18-22)33-21-10-13-36(4)14-11-21/h7-9,12,15-18,21,35H,10-11,13-14H2,1-6H3,(H,32,33)(H,34,37). The number of halogens is 1. The first-order valence-electron chi connectivity index (χ1n) is 13.6. The molecule has 2 aromatic carbocycles. The maximum Gasteiger partial charge on any atom is 0.255 e. The normalized spacial score (nSPS) is 14.7. The van der Waals surface area contributed by atoms with Gasteiger partial charge in [0.15, 0.2) is 5.75 Å². The molecule has 1 amide bonds. The van der Waals surface area contributed by atoms with Crippen LogP contribution in [0.2, 0.25) is 5.02 Å². The van der Waals surface area contributed by atoms with Crippen LogP contribution in [0.1, 0.15) is 49.5 Å². The zero-order valence-electron chi connectivity index (χ0n) is 24.7. The van der Waals surface area contributed by atoms with Crippen LogP contribution in [0.4, 0.5) is 17.2 Å². The highest BCUT2D eigenvalue weighted by molar-refractivity contribution is 7.92. The van der Waals surface area contributed by atoms with E-state index in [-0.39, 0.29) is 22.4 Å². The molecule has 226 valence electrons. The second kappa shape index (κ2) is 12.8. The monoisotopic (exact) mass is 615 g/mol. The number of hydrogen-bond acceptors (Lipinski definition) is 8. The molecule has 0 radical (unpaired) electrons. The van der Waals surface area contributed by atoms with E-state index in [4.69, 9.17) is 21.1 Å². The van der Waals surface area contributed by atoms with Gasteiger partial charge < -0.3 is 25.0 Å². The molecule has 42 heavy (non-hydrogen) atoms. The Hall–Kier alpha value is -3.54. The number of carbonyl (C=O) groups excluding carboxylic acids is 1. The Morgan fingerprint density at radius 2 is 1.76 bits per heavy atom. The third-order valence-electron chi connectivity index (χ3n) is 6.93. The quantitative estimate of drug-likeness (QED) is 0.269. The van der Waals surface area contributed by atoms with E-state index in [1.54, 1.807) is 48.7 Å². The Morgan fingerprint density at radius 3 is 2.40 bits per heavy atom. The number of methoxy groups -OCH3 is 1. The van der Waals surface area contributed by atoms with E-state index in [0.717, 1.165) is 37.8 Å². The molecule has 0 aliphatic carbocycles. The molecule has 10 nitrogen and oxygen atoms in total. The fourth-order valence-corrected chi connectivity index (χ4v) is 5.32. The highest BCUT2D eigenvalue weighted by Gasteiger charge is 2.23. The van der Waals surface area contributed by atoms with Gasteiger partial charge in [-0.3, -0.25) is 9.52 Å². The van der Waals surface area contributed by atoms with Crippen LogP contribution < -0.4 is 24.8 Å². The van der Waals surface area contributed by atoms with Crippen molar-refractivity contribution in [2.45, 2.75) is 45.1 Å². The highest BCUT2D eigenvalue weighted by atomic mass is 35.5. The first-order chi connectivity index (χ1) is 19.7. The smallest absolute Gasteiger partial charge is 0.255 e. The van der Waals surface area contributed by atoms with Crippen molar-refractivity contribution in [1.82, 2.24) is 9.88 Å². The molecule has 12 heteroatoms. The second-order valence-corrected chi connectivity index (χ2v) is 13.7. The number of benzene rings is 2. The maximum absolute atomic E-state index is 13.4. The summed E-state index contributed by atoms with van der Waals surface area (Å²) in [4.78, 5) is 20.2. The van der Waals surface area contributed by atoms with Crippen LogP contribution in [-0.4, -0.2) is 63.8 Å². The Labute approximate surface area is 252 Å². The SMILES string of the molecule is COc1c(NC(=O)c2ccc(Cl)c(Oc3ccnc(NC4CCN(C)CC4)c3)c2)cc(C(C)(C)C)cc1NS(C)(=O)=O. The second-order valence-electron chi connectivity index (χ2n) is 11.5. The number of aromatic nitrogens is 1. The molecule has 1 aliphatic heterocycles. The topological polar surface area (TPSA) is 122 Å². The molecule has 0 bridgehead atoms. The van der Waals surface area contributed by atoms with Crippen LogP contribution in [-0.2, 0) is 15.4 Å². The minimum Gasteiger partial charge on any atom is -0.492 e. The number of hydrogen-bond donors (Lipinski definition) is 3. The lowest BCUT2D eigenvalue weighted by molar-refractivity contribution is 0.102. The molecule has 4 rings (SSSR count). The molecule has 1 fully saturated rings. The Kier molecular flexibility index (Phi) is 9.54. The predicted molar refractivity (Wildman–Crippen MR) is 168 cm³/mol. The summed E-state index contributed by atoms with van der Waals surface area (Å²) in [5.41, 5.74) is 1.29. The summed E-state index contributed by atoms with van der Waals surface area (Å²) in [6.45, 7) is 8.02. The maximum atomic E-state index is 13.4. The fraction of sp³-hybridized carbons (Fsp3) is 0.400. The number of ether oxygens (including phenoxy) is 2. The molecular formula is C30H38ClN5O5S. The molecule has 3 N–H and O–H groups in total. The number of piperidine rings is 1. The first kappa shape index (κ1) is 31.4. The van der Waals surface area contributed by atoms with Gasteiger partial charge in [-0.1, -0.05) is 32.4 Å². The number of rotatable bonds is 9. The summed E-state index contributed by atoms with van der Waals surface area (Å²) in [6.07, 6.45) is 4.77. The van der Waals surface area contributed by atoms with E-state index in [0.29, 0.717) is 34.1 Å². The van der Waals surface area contributed by atoms with E-state index in [9.17, 15) is 13.2 Å². The molecule has 0 unspecified atom stereocenters. The van der Waals surface area contributed by atoms with Gasteiger partial charge in [-0.25, -0.2) is 13.4 Å². The van der Waals surface area contributed by atoms with Crippen molar-refractivity contribution in [3.05, 3.63) is 64.8 Å². The lowest BCUT2D eigenvalue weighted by atomic mass is 9.86. The summed E-state index contributed by atoms with van der Waals surface area (Å²) in [5, 5.41) is 6.67. The van der Waals surface area contributed by atoms with Gasteiger partial charge >= 0.3 is 0 Å². The van der Waals surface area contributed by atoms with E-state index < -0.39 is 15.9 Å². The average molecular weight is 616 g/mol. The van der Waals surface area contributed by atoms with Crippen LogP contribution in [0.3, 0.4) is 0 Å². The number of sulfonamides is 1. The summed E-state index contributed by atoms with van der Waals surface area (Å²) in [5.74, 6) is 1.27. The Bertz CT molecular complexity index is 1550. The zero-order valence-corrected chi connectivity index (χ0v) is 26.3. The lowest BCUT2D eigenvalue weighted by Gasteiger charge is -2.29. The van der Waals surface area contributed by atoms with Crippen LogP contribution in [0.25, 0.3) is 0 Å². The minimum absolute atomic E-state index is 0.189. The average Bonchev–Trinajstić information content (AvgIpc) is 2.90. The highest BCUT2D eigenvalue weighted by Crippen LogP contribution is 2.39. The molecule has 0 spiro atoms. The van der Waals surface area contributed by atoms with Crippen LogP contribution in [0.5, 0.6) is 17.2 Å². The van der Waals surface area contributed by atoms with Crippen LogP contribution >= 0.6 is 11.6 Å². The van der Waals surface area contributed by atoms with Gasteiger partial charge in [-0.05, 0) is 80.4 Å². The molecular weight excluding hydrogens is 578 g/mol. The number of pyridine rings is 1. The Balaban J connectivity index is 1.57. The number of likely N-dealkylation sites (tertiary alicyclic amines) is 1. The molecule has 1 aliphatic rings. The van der Waals surface area contributed by atoms with E-state index >= 15 is 0 Å². The molecule has 1 saturated heterocycles. The largest absolute Gasteiger partial charge is 0.492 e. The van der Waals surface area contributed by atoms with Crippen molar-refractivity contribution in [2.24, 2.45) is 0 Å². The van der Waals surface area contributed by atoms with Gasteiger partial charge in [0.2, 0.25) is 10.0 Å². The summed E-state index contributed by atoms with van der Waals surface area (Å²) < 4.78 is 38.2. The Morgan fingerprint density at radius 1 is 1.07 bits per heavy atom. The minimum atomic E-state index is -3.61. The van der Waals surface area contributed by atoms with Crippen LogP contribution in [0.15, 0.2) is 48.7 Å². The molecule has 0 atom stereocenters. The van der Waals surface area contributed by atoms with Gasteiger partial charge in [0.05, 0.1) is 29.8 Å². The third-order valence-corrected chi connectivity index (χ3v) is 7.83. The van der Waals surface area contributed by atoms with E-state index in [1.165, 1.54) is 7.11 Å². The van der Waals surface area contributed by atoms with Crippen molar-refractivity contribution in [2.75, 3.05) is 48.9 Å². The van der Waals surface area contributed by atoms with Crippen LogP contribution in [0, 0.1) is 0 Å². The van der Waals surface area contributed by atoms with Crippen molar-refractivity contribution in [1.29, 1.82) is 0 Å². The van der Waals surface area contributed by atoms with Gasteiger partial charge in [0.25, 0.3) is 5.91 Å². The summed E-state index contributed by atoms with van der Waals surface area (Å²) >= 11 is 6.44. The van der Waals surface area contributed by atoms with Crippen molar-refractivity contribution in [3.63, 3.8) is 0 Å². The van der Waals surface area contributed by atoms with Gasteiger partial charge in [-0.2, -0.15) is 0 Å². The van der Waals surface area contributed by atoms with E-state index in [1.807, 2.05) is 20.8 Å². The molecule has 1 aromatic heterocycles.